The van der Waals surface area contributed by atoms with Gasteiger partial charge in [0.2, 0.25) is 11.8 Å². The molecule has 3 atom stereocenters. The van der Waals surface area contributed by atoms with E-state index in [4.69, 9.17) is 4.74 Å². The van der Waals surface area contributed by atoms with Crippen molar-refractivity contribution in [2.75, 3.05) is 24.8 Å². The van der Waals surface area contributed by atoms with E-state index in [2.05, 4.69) is 0 Å². The van der Waals surface area contributed by atoms with Gasteiger partial charge in [0, 0.05) is 0 Å². The highest BCUT2D eigenvalue weighted by atomic mass is 32.2. The number of hydrogen-bond acceptors (Lipinski definition) is 4. The molecular formula is C17H22N2O3S. The van der Waals surface area contributed by atoms with E-state index in [0.717, 1.165) is 5.56 Å². The summed E-state index contributed by atoms with van der Waals surface area (Å²) in [5.74, 6) is 1.15. The highest BCUT2D eigenvalue weighted by molar-refractivity contribution is 8.00. The summed E-state index contributed by atoms with van der Waals surface area (Å²) in [6, 6.07) is 9.95. The lowest BCUT2D eigenvalue weighted by Crippen LogP contribution is -2.56. The minimum Gasteiger partial charge on any atom is -0.369 e. The van der Waals surface area contributed by atoms with Gasteiger partial charge in [0.05, 0.1) is 30.3 Å². The lowest BCUT2D eigenvalue weighted by molar-refractivity contribution is -0.155. The van der Waals surface area contributed by atoms with Crippen molar-refractivity contribution in [3.05, 3.63) is 35.9 Å². The van der Waals surface area contributed by atoms with Crippen LogP contribution in [0.2, 0.25) is 0 Å². The molecule has 2 amide bonds. The fourth-order valence-corrected chi connectivity index (χ4v) is 4.19. The summed E-state index contributed by atoms with van der Waals surface area (Å²) in [5, 5.41) is 0. The van der Waals surface area contributed by atoms with Crippen LogP contribution < -0.4 is 0 Å². The lowest BCUT2D eigenvalue weighted by atomic mass is 9.98. The zero-order chi connectivity index (χ0) is 16.4. The Hall–Kier alpha value is -1.53. The van der Waals surface area contributed by atoms with E-state index in [1.165, 1.54) is 0 Å². The molecule has 0 saturated carbocycles. The Morgan fingerprint density at radius 1 is 1.30 bits per heavy atom. The smallest absolute Gasteiger partial charge is 0.242 e. The van der Waals surface area contributed by atoms with E-state index in [-0.39, 0.29) is 36.5 Å². The highest BCUT2D eigenvalue weighted by Crippen LogP contribution is 2.31. The first-order valence-electron chi connectivity index (χ1n) is 7.91. The predicted octanol–water partition coefficient (Wildman–Crippen LogP) is 1.90. The number of morpholine rings is 1. The molecule has 2 aliphatic rings. The first-order chi connectivity index (χ1) is 11.1. The third kappa shape index (κ3) is 3.38. The standard InChI is InChI=1S/C17H22N2O3S/c1-12-9-22-17(14-6-4-3-5-7-14)13(2)19(12)15(20)8-18-11-23-10-16(18)21/h3-7,12-13,17H,8-11H2,1-2H3. The molecule has 0 spiro atoms. The molecule has 2 aliphatic heterocycles. The van der Waals surface area contributed by atoms with Gasteiger partial charge in [-0.25, -0.2) is 0 Å². The first kappa shape index (κ1) is 16.3. The summed E-state index contributed by atoms with van der Waals surface area (Å²) < 4.78 is 5.98. The third-order valence-corrected chi connectivity index (χ3v) is 5.38. The number of ether oxygens (including phenoxy) is 1. The fourth-order valence-electron chi connectivity index (χ4n) is 3.29. The maximum absolute atomic E-state index is 12.8. The van der Waals surface area contributed by atoms with Gasteiger partial charge in [-0.3, -0.25) is 9.59 Å². The quantitative estimate of drug-likeness (QED) is 0.847. The summed E-state index contributed by atoms with van der Waals surface area (Å²) in [7, 11) is 0. The van der Waals surface area contributed by atoms with Gasteiger partial charge < -0.3 is 14.5 Å². The molecule has 23 heavy (non-hydrogen) atoms. The molecule has 0 N–H and O–H groups in total. The van der Waals surface area contributed by atoms with Crippen molar-refractivity contribution in [3.63, 3.8) is 0 Å². The molecule has 124 valence electrons. The summed E-state index contributed by atoms with van der Waals surface area (Å²) in [6.45, 7) is 4.70. The van der Waals surface area contributed by atoms with Crippen LogP contribution in [0.15, 0.2) is 30.3 Å². The van der Waals surface area contributed by atoms with Crippen LogP contribution in [-0.2, 0) is 14.3 Å². The maximum atomic E-state index is 12.8. The van der Waals surface area contributed by atoms with Crippen LogP contribution in [0.5, 0.6) is 0 Å². The van der Waals surface area contributed by atoms with E-state index >= 15 is 0 Å². The van der Waals surface area contributed by atoms with E-state index in [1.807, 2.05) is 49.1 Å². The molecule has 2 fully saturated rings. The van der Waals surface area contributed by atoms with Crippen LogP contribution in [0, 0.1) is 0 Å². The Morgan fingerprint density at radius 3 is 2.70 bits per heavy atom. The Bertz CT molecular complexity index is 580. The van der Waals surface area contributed by atoms with E-state index in [9.17, 15) is 9.59 Å². The van der Waals surface area contributed by atoms with Crippen LogP contribution in [0.3, 0.4) is 0 Å². The van der Waals surface area contributed by atoms with Gasteiger partial charge in [-0.05, 0) is 19.4 Å². The molecule has 0 bridgehead atoms. The van der Waals surface area contributed by atoms with Crippen LogP contribution in [-0.4, -0.2) is 58.5 Å². The fraction of sp³-hybridized carbons (Fsp3) is 0.529. The zero-order valence-electron chi connectivity index (χ0n) is 13.5. The minimum absolute atomic E-state index is 0.00470. The molecule has 5 nitrogen and oxygen atoms in total. The summed E-state index contributed by atoms with van der Waals surface area (Å²) in [4.78, 5) is 28.0. The SMILES string of the molecule is CC1COC(c2ccccc2)C(C)N1C(=O)CN1CSCC1=O. The molecule has 3 rings (SSSR count). The van der Waals surface area contributed by atoms with Gasteiger partial charge in [0.1, 0.15) is 12.6 Å². The molecule has 0 radical (unpaired) electrons. The summed E-state index contributed by atoms with van der Waals surface area (Å²) in [6.07, 6.45) is -0.125. The number of carbonyl (C=O) groups is 2. The van der Waals surface area contributed by atoms with Gasteiger partial charge in [0.15, 0.2) is 0 Å². The first-order valence-corrected chi connectivity index (χ1v) is 9.06. The Labute approximate surface area is 141 Å². The van der Waals surface area contributed by atoms with Crippen LogP contribution in [0.25, 0.3) is 0 Å². The molecule has 0 aromatic heterocycles. The third-order valence-electron chi connectivity index (χ3n) is 4.44. The molecule has 3 unspecified atom stereocenters. The summed E-state index contributed by atoms with van der Waals surface area (Å²) in [5.41, 5.74) is 1.08. The van der Waals surface area contributed by atoms with Gasteiger partial charge in [-0.15, -0.1) is 11.8 Å². The average molecular weight is 334 g/mol. The highest BCUT2D eigenvalue weighted by Gasteiger charge is 2.38. The zero-order valence-corrected chi connectivity index (χ0v) is 14.3. The average Bonchev–Trinajstić information content (AvgIpc) is 2.93. The predicted molar refractivity (Wildman–Crippen MR) is 89.9 cm³/mol. The monoisotopic (exact) mass is 334 g/mol. The van der Waals surface area contributed by atoms with E-state index in [1.54, 1.807) is 16.7 Å². The van der Waals surface area contributed by atoms with Gasteiger partial charge in [-0.2, -0.15) is 0 Å². The van der Waals surface area contributed by atoms with E-state index < -0.39 is 0 Å². The molecule has 2 saturated heterocycles. The second-order valence-electron chi connectivity index (χ2n) is 6.12. The minimum atomic E-state index is -0.125. The molecule has 2 heterocycles. The number of carbonyl (C=O) groups excluding carboxylic acids is 2. The van der Waals surface area contributed by atoms with E-state index in [0.29, 0.717) is 18.2 Å². The van der Waals surface area contributed by atoms with Crippen molar-refractivity contribution in [1.82, 2.24) is 9.80 Å². The summed E-state index contributed by atoms with van der Waals surface area (Å²) >= 11 is 1.56. The number of benzene rings is 1. The second kappa shape index (κ2) is 6.93. The lowest BCUT2D eigenvalue weighted by Gasteiger charge is -2.44. The van der Waals surface area contributed by atoms with Crippen molar-refractivity contribution in [3.8, 4) is 0 Å². The Balaban J connectivity index is 1.74. The molecule has 1 aromatic carbocycles. The van der Waals surface area contributed by atoms with Crippen molar-refractivity contribution in [2.45, 2.75) is 32.0 Å². The van der Waals surface area contributed by atoms with Crippen molar-refractivity contribution in [1.29, 1.82) is 0 Å². The van der Waals surface area contributed by atoms with Crippen molar-refractivity contribution >= 4 is 23.6 Å². The van der Waals surface area contributed by atoms with Gasteiger partial charge >= 0.3 is 0 Å². The topological polar surface area (TPSA) is 49.9 Å². The van der Waals surface area contributed by atoms with Crippen molar-refractivity contribution < 1.29 is 14.3 Å². The normalized spacial score (nSPS) is 28.3. The molecule has 0 aliphatic carbocycles. The molecule has 1 aromatic rings. The van der Waals surface area contributed by atoms with Crippen LogP contribution >= 0.6 is 11.8 Å². The second-order valence-corrected chi connectivity index (χ2v) is 7.08. The number of amides is 2. The number of rotatable bonds is 3. The van der Waals surface area contributed by atoms with Crippen molar-refractivity contribution in [2.24, 2.45) is 0 Å². The number of thioether (sulfide) groups is 1. The van der Waals surface area contributed by atoms with Crippen LogP contribution in [0.1, 0.15) is 25.5 Å². The van der Waals surface area contributed by atoms with Gasteiger partial charge in [-0.1, -0.05) is 30.3 Å². The van der Waals surface area contributed by atoms with Gasteiger partial charge in [0.25, 0.3) is 0 Å². The van der Waals surface area contributed by atoms with Crippen LogP contribution in [0.4, 0.5) is 0 Å². The Morgan fingerprint density at radius 2 is 2.04 bits per heavy atom. The number of nitrogens with zero attached hydrogens (tertiary/aromatic N) is 2. The molecular weight excluding hydrogens is 312 g/mol. The largest absolute Gasteiger partial charge is 0.369 e. The number of hydrogen-bond donors (Lipinski definition) is 0. The molecule has 6 heteroatoms. The maximum Gasteiger partial charge on any atom is 0.242 e. The Kier molecular flexibility index (Phi) is 4.92.